The Kier molecular flexibility index (Phi) is 7.16. The highest BCUT2D eigenvalue weighted by molar-refractivity contribution is 7.80. The van der Waals surface area contributed by atoms with Gasteiger partial charge in [0.2, 0.25) is 0 Å². The van der Waals surface area contributed by atoms with Gasteiger partial charge < -0.3 is 15.4 Å². The summed E-state index contributed by atoms with van der Waals surface area (Å²) in [6, 6.07) is 20.2. The molecule has 0 aliphatic heterocycles. The Morgan fingerprint density at radius 2 is 1.89 bits per heavy atom. The van der Waals surface area contributed by atoms with Gasteiger partial charge in [-0.2, -0.15) is 5.10 Å². The Bertz CT molecular complexity index is 1380. The minimum absolute atomic E-state index is 0.317. The number of nitrogens with one attached hydrogen (secondary N) is 2. The molecule has 2 aromatic heterocycles. The number of para-hydroxylation sites is 1. The number of rotatable bonds is 6. The van der Waals surface area contributed by atoms with Crippen molar-refractivity contribution in [2.45, 2.75) is 32.7 Å². The fraction of sp³-hybridized carbons (Fsp3) is 0.250. The minimum Gasteiger partial charge on any atom is -0.465 e. The number of esters is 1. The fourth-order valence-electron chi connectivity index (χ4n) is 4.57. The topological polar surface area (TPSA) is 68.2 Å². The number of carbonyl (C=O) groups excluding carboxylic acids is 1. The van der Waals surface area contributed by atoms with Gasteiger partial charge in [0.25, 0.3) is 0 Å². The van der Waals surface area contributed by atoms with Crippen LogP contribution in [0.4, 0.5) is 5.00 Å². The summed E-state index contributed by atoms with van der Waals surface area (Å²) < 4.78 is 6.99. The van der Waals surface area contributed by atoms with E-state index >= 15 is 0 Å². The first-order valence-electron chi connectivity index (χ1n) is 12.0. The van der Waals surface area contributed by atoms with Crippen molar-refractivity contribution >= 4 is 39.6 Å². The molecule has 0 bridgehead atoms. The predicted molar refractivity (Wildman–Crippen MR) is 149 cm³/mol. The van der Waals surface area contributed by atoms with Crippen LogP contribution in [0.5, 0.6) is 0 Å². The number of carbonyl (C=O) groups is 1. The third kappa shape index (κ3) is 5.05. The second kappa shape index (κ2) is 10.6. The minimum atomic E-state index is -0.317. The highest BCUT2D eigenvalue weighted by Gasteiger charge is 2.28. The van der Waals surface area contributed by atoms with E-state index in [2.05, 4.69) is 29.7 Å². The molecule has 184 valence electrons. The first kappa shape index (κ1) is 24.2. The number of methoxy groups -OCH3 is 1. The molecule has 0 unspecified atom stereocenters. The first-order valence-corrected chi connectivity index (χ1v) is 13.2. The quantitative estimate of drug-likeness (QED) is 0.242. The zero-order valence-electron chi connectivity index (χ0n) is 20.3. The van der Waals surface area contributed by atoms with Gasteiger partial charge in [0, 0.05) is 28.7 Å². The van der Waals surface area contributed by atoms with E-state index < -0.39 is 0 Å². The molecular weight excluding hydrogens is 488 g/mol. The average molecular weight is 517 g/mol. The Hall–Kier alpha value is -3.49. The van der Waals surface area contributed by atoms with Crippen LogP contribution in [0.1, 0.15) is 39.7 Å². The van der Waals surface area contributed by atoms with Gasteiger partial charge in [-0.25, -0.2) is 9.48 Å². The lowest BCUT2D eigenvalue weighted by Gasteiger charge is -2.18. The highest BCUT2D eigenvalue weighted by atomic mass is 32.1. The van der Waals surface area contributed by atoms with Crippen molar-refractivity contribution in [3.05, 3.63) is 88.4 Å². The van der Waals surface area contributed by atoms with E-state index in [4.69, 9.17) is 22.1 Å². The number of anilines is 1. The number of ether oxygens (including phenoxy) is 1. The van der Waals surface area contributed by atoms with Gasteiger partial charge >= 0.3 is 5.97 Å². The van der Waals surface area contributed by atoms with E-state index in [1.54, 1.807) is 11.3 Å². The van der Waals surface area contributed by atoms with E-state index in [-0.39, 0.29) is 5.97 Å². The number of aromatic nitrogens is 2. The zero-order chi connectivity index (χ0) is 25.1. The number of thiophene rings is 1. The molecule has 4 aromatic rings. The van der Waals surface area contributed by atoms with Gasteiger partial charge in [0.05, 0.1) is 24.1 Å². The van der Waals surface area contributed by atoms with E-state index in [1.807, 2.05) is 59.4 Å². The molecule has 1 aliphatic carbocycles. The third-order valence-corrected chi connectivity index (χ3v) is 7.84. The molecule has 1 aliphatic rings. The summed E-state index contributed by atoms with van der Waals surface area (Å²) in [6.45, 7) is 2.73. The Labute approximate surface area is 220 Å². The van der Waals surface area contributed by atoms with Crippen LogP contribution in [0.25, 0.3) is 16.9 Å². The lowest BCUT2D eigenvalue weighted by Crippen LogP contribution is -2.28. The second-order valence-corrected chi connectivity index (χ2v) is 10.5. The maximum absolute atomic E-state index is 12.6. The van der Waals surface area contributed by atoms with Crippen molar-refractivity contribution in [1.82, 2.24) is 15.1 Å². The molecular formula is C28H28N4O2S2. The Balaban J connectivity index is 1.37. The SMILES string of the molecule is COC(=O)c1c(NC(=S)NCc2cn(-c3ccccc3)nc2-c2ccccc2)sc2c1CC[C@H](C)C2. The largest absolute Gasteiger partial charge is 0.465 e. The van der Waals surface area contributed by atoms with Gasteiger partial charge in [0.1, 0.15) is 5.00 Å². The van der Waals surface area contributed by atoms with Crippen molar-refractivity contribution < 1.29 is 9.53 Å². The molecule has 2 N–H and O–H groups in total. The molecule has 36 heavy (non-hydrogen) atoms. The number of fused-ring (bicyclic) bond motifs is 1. The lowest BCUT2D eigenvalue weighted by atomic mass is 9.88. The summed E-state index contributed by atoms with van der Waals surface area (Å²) in [6.07, 6.45) is 4.96. The van der Waals surface area contributed by atoms with Crippen LogP contribution in [0, 0.1) is 5.92 Å². The molecule has 8 heteroatoms. The number of hydrogen-bond acceptors (Lipinski definition) is 5. The summed E-state index contributed by atoms with van der Waals surface area (Å²) in [4.78, 5) is 13.9. The summed E-state index contributed by atoms with van der Waals surface area (Å²) in [7, 11) is 1.42. The van der Waals surface area contributed by atoms with Gasteiger partial charge in [0.15, 0.2) is 5.11 Å². The van der Waals surface area contributed by atoms with Crippen LogP contribution >= 0.6 is 23.6 Å². The summed E-state index contributed by atoms with van der Waals surface area (Å²) in [5.74, 6) is 0.292. The third-order valence-electron chi connectivity index (χ3n) is 6.43. The molecule has 2 heterocycles. The van der Waals surface area contributed by atoms with Gasteiger partial charge in [-0.05, 0) is 55.1 Å². The van der Waals surface area contributed by atoms with Crippen LogP contribution in [0.3, 0.4) is 0 Å². The van der Waals surface area contributed by atoms with Crippen LogP contribution < -0.4 is 10.6 Å². The van der Waals surface area contributed by atoms with Crippen molar-refractivity contribution in [3.63, 3.8) is 0 Å². The van der Waals surface area contributed by atoms with Crippen LogP contribution in [-0.2, 0) is 24.1 Å². The van der Waals surface area contributed by atoms with Crippen molar-refractivity contribution in [3.8, 4) is 16.9 Å². The van der Waals surface area contributed by atoms with E-state index in [0.717, 1.165) is 52.3 Å². The summed E-state index contributed by atoms with van der Waals surface area (Å²) >= 11 is 7.25. The second-order valence-electron chi connectivity index (χ2n) is 9.00. The molecule has 0 fully saturated rings. The van der Waals surface area contributed by atoms with Crippen molar-refractivity contribution in [2.75, 3.05) is 12.4 Å². The molecule has 0 saturated carbocycles. The fourth-order valence-corrected chi connectivity index (χ4v) is 6.21. The maximum Gasteiger partial charge on any atom is 0.341 e. The Morgan fingerprint density at radius 3 is 2.61 bits per heavy atom. The summed E-state index contributed by atoms with van der Waals surface area (Å²) in [5.41, 5.74) is 5.66. The van der Waals surface area contributed by atoms with Crippen molar-refractivity contribution in [1.29, 1.82) is 0 Å². The predicted octanol–water partition coefficient (Wildman–Crippen LogP) is 6.00. The number of nitrogens with zero attached hydrogens (tertiary/aromatic N) is 2. The normalized spacial score (nSPS) is 14.7. The number of benzene rings is 2. The Morgan fingerprint density at radius 1 is 1.17 bits per heavy atom. The van der Waals surface area contributed by atoms with Crippen LogP contribution in [0.2, 0.25) is 0 Å². The standard InChI is InChI=1S/C28H28N4O2S2/c1-18-13-14-22-23(15-18)36-26(24(22)27(33)34-2)30-28(35)29-16-20-17-32(21-11-7-4-8-12-21)31-25(20)19-9-5-3-6-10-19/h3-12,17-18H,13-16H2,1-2H3,(H2,29,30,35)/t18-/m0/s1. The zero-order valence-corrected chi connectivity index (χ0v) is 21.9. The number of thiocarbonyl (C=S) groups is 1. The molecule has 1 atom stereocenters. The van der Waals surface area contributed by atoms with Gasteiger partial charge in [-0.15, -0.1) is 11.3 Å². The molecule has 0 amide bonds. The van der Waals surface area contributed by atoms with E-state index in [9.17, 15) is 4.79 Å². The van der Waals surface area contributed by atoms with Gasteiger partial charge in [-0.1, -0.05) is 55.5 Å². The van der Waals surface area contributed by atoms with E-state index in [0.29, 0.717) is 23.1 Å². The van der Waals surface area contributed by atoms with Gasteiger partial charge in [-0.3, -0.25) is 0 Å². The lowest BCUT2D eigenvalue weighted by molar-refractivity contribution is 0.0601. The van der Waals surface area contributed by atoms with Crippen LogP contribution in [-0.4, -0.2) is 28.0 Å². The summed E-state index contributed by atoms with van der Waals surface area (Å²) in [5, 5.41) is 12.7. The number of hydrogen-bond donors (Lipinski definition) is 2. The van der Waals surface area contributed by atoms with Crippen LogP contribution in [0.15, 0.2) is 66.9 Å². The van der Waals surface area contributed by atoms with Crippen molar-refractivity contribution in [2.24, 2.45) is 5.92 Å². The monoisotopic (exact) mass is 516 g/mol. The molecule has 0 spiro atoms. The molecule has 6 nitrogen and oxygen atoms in total. The van der Waals surface area contributed by atoms with E-state index in [1.165, 1.54) is 12.0 Å². The highest BCUT2D eigenvalue weighted by Crippen LogP contribution is 2.40. The molecule has 5 rings (SSSR count). The molecule has 0 radical (unpaired) electrons. The average Bonchev–Trinajstić information content (AvgIpc) is 3.49. The molecule has 0 saturated heterocycles. The maximum atomic E-state index is 12.6. The molecule has 2 aromatic carbocycles. The smallest absolute Gasteiger partial charge is 0.341 e. The first-order chi connectivity index (χ1) is 17.5.